The molecule has 4 aliphatic rings. The Bertz CT molecular complexity index is 2370. The largest absolute Gasteiger partial charge is 0.488 e. The quantitative estimate of drug-likeness (QED) is 0.135. The lowest BCUT2D eigenvalue weighted by atomic mass is 9.86. The summed E-state index contributed by atoms with van der Waals surface area (Å²) in [6.07, 6.45) is 5.24. The minimum atomic E-state index is -0.708. The molecule has 2 aromatic carbocycles. The fourth-order valence-electron chi connectivity index (χ4n) is 9.09. The number of hydrogen-bond acceptors (Lipinski definition) is 10. The van der Waals surface area contributed by atoms with Gasteiger partial charge in [-0.3, -0.25) is 9.59 Å². The molecule has 1 unspecified atom stereocenters. The summed E-state index contributed by atoms with van der Waals surface area (Å²) >= 11 is 0. The van der Waals surface area contributed by atoms with Crippen molar-refractivity contribution in [2.24, 2.45) is 11.8 Å². The van der Waals surface area contributed by atoms with Gasteiger partial charge in [0.1, 0.15) is 47.9 Å². The highest BCUT2D eigenvalue weighted by molar-refractivity contribution is 5.99. The van der Waals surface area contributed by atoms with Crippen LogP contribution in [0.1, 0.15) is 95.2 Å². The van der Waals surface area contributed by atoms with Crippen LogP contribution in [-0.2, 0) is 19.1 Å². The van der Waals surface area contributed by atoms with Gasteiger partial charge >= 0.3 is 12.2 Å². The molecule has 2 fully saturated rings. The van der Waals surface area contributed by atoms with E-state index in [0.29, 0.717) is 31.3 Å². The van der Waals surface area contributed by atoms with E-state index in [9.17, 15) is 19.2 Å². The highest BCUT2D eigenvalue weighted by Gasteiger charge is 2.40. The van der Waals surface area contributed by atoms with Crippen LogP contribution < -0.4 is 20.1 Å². The molecule has 4 N–H and O–H groups in total. The molecule has 16 nitrogen and oxygen atoms in total. The summed E-state index contributed by atoms with van der Waals surface area (Å²) in [4.78, 5) is 71.3. The van der Waals surface area contributed by atoms with Gasteiger partial charge in [0, 0.05) is 46.5 Å². The molecule has 8 rings (SSSR count). The summed E-state index contributed by atoms with van der Waals surface area (Å²) in [5.41, 5.74) is 7.51. The van der Waals surface area contributed by atoms with Gasteiger partial charge in [0.25, 0.3) is 0 Å². The van der Waals surface area contributed by atoms with Gasteiger partial charge in [-0.05, 0) is 56.6 Å². The van der Waals surface area contributed by atoms with E-state index < -0.39 is 24.3 Å². The maximum Gasteiger partial charge on any atom is 0.407 e. The van der Waals surface area contributed by atoms with Crippen LogP contribution in [0.5, 0.6) is 11.5 Å². The topological polar surface area (TPSA) is 193 Å². The normalized spacial score (nSPS) is 20.3. The van der Waals surface area contributed by atoms with Gasteiger partial charge in [-0.25, -0.2) is 19.6 Å². The summed E-state index contributed by atoms with van der Waals surface area (Å²) in [6, 6.07) is 10.3. The van der Waals surface area contributed by atoms with Crippen LogP contribution in [0.15, 0.2) is 48.8 Å². The van der Waals surface area contributed by atoms with Gasteiger partial charge in [-0.1, -0.05) is 52.0 Å². The first-order valence-electron chi connectivity index (χ1n) is 21.1. The van der Waals surface area contributed by atoms with Crippen LogP contribution in [0, 0.1) is 11.8 Å². The summed E-state index contributed by atoms with van der Waals surface area (Å²) in [7, 11) is 2.57. The predicted octanol–water partition coefficient (Wildman–Crippen LogP) is 6.64. The molecule has 4 aliphatic heterocycles. The second kappa shape index (κ2) is 17.0. The zero-order valence-corrected chi connectivity index (χ0v) is 35.7. The van der Waals surface area contributed by atoms with E-state index in [0.717, 1.165) is 82.0 Å². The molecule has 4 aromatic rings. The number of aromatic amines is 2. The third kappa shape index (κ3) is 7.90. The smallest absolute Gasteiger partial charge is 0.407 e. The van der Waals surface area contributed by atoms with Gasteiger partial charge < -0.3 is 49.3 Å². The predicted molar refractivity (Wildman–Crippen MR) is 226 cm³/mol. The third-order valence-electron chi connectivity index (χ3n) is 12.3. The van der Waals surface area contributed by atoms with Crippen molar-refractivity contribution in [1.29, 1.82) is 0 Å². The number of likely N-dealkylation sites (tertiary alicyclic amines) is 2. The SMILES string of the molecule is COC(=O)N[C@H](C(=O)N1CCC[C@H]1c1ncc(-c2ccc3c(c2)OC(C)C2=C3COc3cc(-c4cnc([C@@H]5CCCN5C(=O)[C@@H](NC(=O)OC)C(C)C)[nH]4)ccc32)[nH]1)C(C)C. The fraction of sp³-hybridized carbons (Fsp3) is 0.467. The summed E-state index contributed by atoms with van der Waals surface area (Å²) in [6.45, 7) is 11.2. The van der Waals surface area contributed by atoms with Crippen LogP contribution in [0.2, 0.25) is 0 Å². The van der Waals surface area contributed by atoms with Crippen molar-refractivity contribution < 1.29 is 38.1 Å². The number of benzene rings is 2. The van der Waals surface area contributed by atoms with E-state index in [2.05, 4.69) is 32.7 Å². The van der Waals surface area contributed by atoms with Crippen LogP contribution in [0.25, 0.3) is 33.7 Å². The van der Waals surface area contributed by atoms with E-state index in [1.807, 2.05) is 58.9 Å². The number of nitrogens with zero attached hydrogens (tertiary/aromatic N) is 4. The molecule has 4 amide bonds. The molecule has 0 aliphatic carbocycles. The van der Waals surface area contributed by atoms with Crippen molar-refractivity contribution in [1.82, 2.24) is 40.4 Å². The number of nitrogens with one attached hydrogen (secondary N) is 4. The van der Waals surface area contributed by atoms with Gasteiger partial charge in [0.2, 0.25) is 11.8 Å². The van der Waals surface area contributed by atoms with Gasteiger partial charge in [0.05, 0.1) is 50.1 Å². The monoisotopic (exact) mass is 834 g/mol. The van der Waals surface area contributed by atoms with Crippen molar-refractivity contribution in [3.05, 3.63) is 71.6 Å². The van der Waals surface area contributed by atoms with E-state index in [1.54, 1.807) is 22.2 Å². The number of amides is 4. The van der Waals surface area contributed by atoms with Crippen molar-refractivity contribution in [2.75, 3.05) is 33.9 Å². The van der Waals surface area contributed by atoms with E-state index in [4.69, 9.17) is 28.9 Å². The molecule has 0 bridgehead atoms. The lowest BCUT2D eigenvalue weighted by Crippen LogP contribution is -2.51. The lowest BCUT2D eigenvalue weighted by Gasteiger charge is -2.34. The Morgan fingerprint density at radius 2 is 1.23 bits per heavy atom. The average molecular weight is 835 g/mol. The Morgan fingerprint density at radius 1 is 0.738 bits per heavy atom. The van der Waals surface area contributed by atoms with Crippen LogP contribution >= 0.6 is 0 Å². The molecule has 2 aromatic heterocycles. The Hall–Kier alpha value is -6.32. The number of H-pyrrole nitrogens is 2. The number of carbonyl (C=O) groups is 4. The van der Waals surface area contributed by atoms with Crippen molar-refractivity contribution in [3.63, 3.8) is 0 Å². The van der Waals surface area contributed by atoms with Crippen molar-refractivity contribution >= 4 is 35.1 Å². The Balaban J connectivity index is 0.989. The number of hydrogen-bond donors (Lipinski definition) is 4. The standard InChI is InChI=1S/C45H54N8O8/c1-23(2)38(50-44(56)58-6)42(54)52-16-8-10-33(52)40-46-20-31(48-40)26-13-15-29-35(18-26)60-22-30-28-14-12-27(19-36(28)61-25(5)37(29)30)32-21-47-41(49-32)34-11-9-17-53(34)43(55)39(24(3)4)51-45(57)59-7/h12-15,18-21,23-25,33-34,38-39H,8-11,16-17,22H2,1-7H3,(H,46,48)(H,47,49)(H,50,56)(H,51,57)/t25?,33-,34-,38-,39-/m0/s1. The van der Waals surface area contributed by atoms with Gasteiger partial charge in [-0.2, -0.15) is 0 Å². The van der Waals surface area contributed by atoms with E-state index in [1.165, 1.54) is 14.2 Å². The average Bonchev–Trinajstić information content (AvgIpc) is 4.10. The molecular weight excluding hydrogens is 781 g/mol. The first-order chi connectivity index (χ1) is 29.4. The Morgan fingerprint density at radius 3 is 1.72 bits per heavy atom. The zero-order valence-electron chi connectivity index (χ0n) is 35.7. The highest BCUT2D eigenvalue weighted by atomic mass is 16.5. The van der Waals surface area contributed by atoms with Crippen molar-refractivity contribution in [3.8, 4) is 34.0 Å². The van der Waals surface area contributed by atoms with Gasteiger partial charge in [0.15, 0.2) is 0 Å². The number of fused-ring (bicyclic) bond motifs is 4. The highest BCUT2D eigenvalue weighted by Crippen LogP contribution is 2.47. The molecular formula is C45H54N8O8. The number of carbonyl (C=O) groups excluding carboxylic acids is 4. The van der Waals surface area contributed by atoms with Crippen LogP contribution in [0.4, 0.5) is 9.59 Å². The molecule has 5 atom stereocenters. The lowest BCUT2D eigenvalue weighted by molar-refractivity contribution is -0.136. The molecule has 0 radical (unpaired) electrons. The fourth-order valence-corrected chi connectivity index (χ4v) is 9.09. The molecule has 322 valence electrons. The first-order valence-corrected chi connectivity index (χ1v) is 21.1. The maximum atomic E-state index is 13.7. The Kier molecular flexibility index (Phi) is 11.5. The van der Waals surface area contributed by atoms with Gasteiger partial charge in [-0.15, -0.1) is 0 Å². The van der Waals surface area contributed by atoms with Crippen LogP contribution in [-0.4, -0.2) is 106 Å². The van der Waals surface area contributed by atoms with E-state index >= 15 is 0 Å². The third-order valence-corrected chi connectivity index (χ3v) is 12.3. The minimum absolute atomic E-state index is 0.122. The summed E-state index contributed by atoms with van der Waals surface area (Å²) in [5, 5.41) is 5.40. The number of imidazole rings is 2. The van der Waals surface area contributed by atoms with Crippen LogP contribution in [0.3, 0.4) is 0 Å². The number of ether oxygens (including phenoxy) is 4. The number of aromatic nitrogens is 4. The molecule has 61 heavy (non-hydrogen) atoms. The summed E-state index contributed by atoms with van der Waals surface area (Å²) in [5.74, 6) is 2.34. The molecule has 0 saturated carbocycles. The molecule has 2 saturated heterocycles. The zero-order chi connectivity index (χ0) is 43.1. The second-order valence-corrected chi connectivity index (χ2v) is 16.8. The van der Waals surface area contributed by atoms with Crippen molar-refractivity contribution in [2.45, 2.75) is 90.6 Å². The number of rotatable bonds is 10. The number of methoxy groups -OCH3 is 2. The van der Waals surface area contributed by atoms with E-state index in [-0.39, 0.29) is 41.8 Å². The molecule has 6 heterocycles. The molecule has 0 spiro atoms. The Labute approximate surface area is 354 Å². The second-order valence-electron chi connectivity index (χ2n) is 16.8. The number of alkyl carbamates (subject to hydrolysis) is 2. The maximum absolute atomic E-state index is 13.7. The molecule has 16 heteroatoms. The minimum Gasteiger partial charge on any atom is -0.488 e. The first kappa shape index (κ1) is 41.4. The summed E-state index contributed by atoms with van der Waals surface area (Å²) < 4.78 is 22.6.